The van der Waals surface area contributed by atoms with E-state index in [-0.39, 0.29) is 12.4 Å². The zero-order valence-electron chi connectivity index (χ0n) is 12.8. The van der Waals surface area contributed by atoms with Crippen LogP contribution in [0, 0.1) is 5.82 Å². The van der Waals surface area contributed by atoms with Crippen LogP contribution in [0.4, 0.5) is 4.39 Å². The number of nitrogens with zero attached hydrogens (tertiary/aromatic N) is 2. The summed E-state index contributed by atoms with van der Waals surface area (Å²) in [6.45, 7) is 0.172. The van der Waals surface area contributed by atoms with Gasteiger partial charge in [0.25, 0.3) is 0 Å². The Morgan fingerprint density at radius 2 is 2.00 bits per heavy atom. The second-order valence-electron chi connectivity index (χ2n) is 5.11. The molecule has 0 N–H and O–H groups in total. The van der Waals surface area contributed by atoms with Crippen LogP contribution in [0.25, 0.3) is 11.8 Å². The lowest BCUT2D eigenvalue weighted by Crippen LogP contribution is -2.01. The first-order chi connectivity index (χ1) is 11.7. The number of carbonyl (C=O) groups excluding carboxylic acids is 1. The van der Waals surface area contributed by atoms with Crippen molar-refractivity contribution in [3.63, 3.8) is 0 Å². The number of carbonyl (C=O) groups is 1. The standard InChI is InChI=1S/C19H15FN2O2/c20-17-4-1-3-15(13-17)7-10-19(23)24-14-16-5-8-18(9-6-16)22-12-2-11-21-22/h1-13H,14H2/b10-7+. The number of hydrogen-bond donors (Lipinski definition) is 0. The van der Waals surface area contributed by atoms with E-state index < -0.39 is 5.97 Å². The van der Waals surface area contributed by atoms with E-state index in [0.717, 1.165) is 11.3 Å². The van der Waals surface area contributed by atoms with E-state index in [2.05, 4.69) is 5.10 Å². The Labute approximate surface area is 138 Å². The topological polar surface area (TPSA) is 44.1 Å². The highest BCUT2D eigenvalue weighted by molar-refractivity contribution is 5.87. The van der Waals surface area contributed by atoms with Crippen molar-refractivity contribution in [3.8, 4) is 5.69 Å². The van der Waals surface area contributed by atoms with Gasteiger partial charge in [0.05, 0.1) is 5.69 Å². The summed E-state index contributed by atoms with van der Waals surface area (Å²) in [7, 11) is 0. The molecule has 0 aliphatic rings. The first-order valence-electron chi connectivity index (χ1n) is 7.40. The van der Waals surface area contributed by atoms with Gasteiger partial charge in [-0.2, -0.15) is 5.10 Å². The van der Waals surface area contributed by atoms with Crippen LogP contribution in [-0.4, -0.2) is 15.7 Å². The zero-order valence-corrected chi connectivity index (χ0v) is 12.8. The molecular formula is C19H15FN2O2. The zero-order chi connectivity index (χ0) is 16.8. The maximum Gasteiger partial charge on any atom is 0.331 e. The second kappa shape index (κ2) is 7.37. The van der Waals surface area contributed by atoms with E-state index >= 15 is 0 Å². The first kappa shape index (κ1) is 15.7. The summed E-state index contributed by atoms with van der Waals surface area (Å²) in [4.78, 5) is 11.7. The SMILES string of the molecule is O=C(/C=C/c1cccc(F)c1)OCc1ccc(-n2cccn2)cc1. The Morgan fingerprint density at radius 3 is 2.71 bits per heavy atom. The largest absolute Gasteiger partial charge is 0.458 e. The van der Waals surface area contributed by atoms with E-state index in [9.17, 15) is 9.18 Å². The summed E-state index contributed by atoms with van der Waals surface area (Å²) >= 11 is 0. The smallest absolute Gasteiger partial charge is 0.331 e. The molecule has 0 fully saturated rings. The molecule has 0 amide bonds. The summed E-state index contributed by atoms with van der Waals surface area (Å²) in [6.07, 6.45) is 6.37. The molecule has 1 aromatic heterocycles. The Morgan fingerprint density at radius 1 is 1.17 bits per heavy atom. The number of aromatic nitrogens is 2. The highest BCUT2D eigenvalue weighted by Gasteiger charge is 2.01. The predicted octanol–water partition coefficient (Wildman–Crippen LogP) is 3.77. The van der Waals surface area contributed by atoms with Gasteiger partial charge in [0, 0.05) is 18.5 Å². The molecule has 0 unspecified atom stereocenters. The molecule has 2 aromatic carbocycles. The Hall–Kier alpha value is -3.21. The fourth-order valence-corrected chi connectivity index (χ4v) is 2.14. The van der Waals surface area contributed by atoms with Gasteiger partial charge in [-0.3, -0.25) is 0 Å². The van der Waals surface area contributed by atoms with Gasteiger partial charge in [-0.15, -0.1) is 0 Å². The summed E-state index contributed by atoms with van der Waals surface area (Å²) < 4.78 is 20.0. The number of rotatable bonds is 5. The van der Waals surface area contributed by atoms with Crippen LogP contribution in [0.1, 0.15) is 11.1 Å². The molecule has 0 bridgehead atoms. The molecule has 5 heteroatoms. The lowest BCUT2D eigenvalue weighted by Gasteiger charge is -2.05. The quantitative estimate of drug-likeness (QED) is 0.530. The molecule has 0 spiro atoms. The van der Waals surface area contributed by atoms with Gasteiger partial charge in [-0.25, -0.2) is 13.9 Å². The molecule has 0 saturated carbocycles. The molecule has 3 aromatic rings. The summed E-state index contributed by atoms with van der Waals surface area (Å²) in [5, 5.41) is 4.15. The molecule has 120 valence electrons. The Bertz CT molecular complexity index is 840. The molecule has 3 rings (SSSR count). The second-order valence-corrected chi connectivity index (χ2v) is 5.11. The third-order valence-corrected chi connectivity index (χ3v) is 3.35. The van der Waals surface area contributed by atoms with E-state index in [1.54, 1.807) is 23.0 Å². The third kappa shape index (κ3) is 4.16. The van der Waals surface area contributed by atoms with E-state index in [1.165, 1.54) is 24.3 Å². The van der Waals surface area contributed by atoms with Crippen LogP contribution in [0.15, 0.2) is 73.1 Å². The number of halogens is 1. The average molecular weight is 322 g/mol. The van der Waals surface area contributed by atoms with Crippen molar-refractivity contribution in [2.75, 3.05) is 0 Å². The Balaban J connectivity index is 1.54. The third-order valence-electron chi connectivity index (χ3n) is 3.35. The fraction of sp³-hybridized carbons (Fsp3) is 0.0526. The van der Waals surface area contributed by atoms with Crippen LogP contribution in [0.2, 0.25) is 0 Å². The van der Waals surface area contributed by atoms with Crippen molar-refractivity contribution in [2.24, 2.45) is 0 Å². The number of hydrogen-bond acceptors (Lipinski definition) is 3. The van der Waals surface area contributed by atoms with E-state index in [1.807, 2.05) is 36.5 Å². The van der Waals surface area contributed by atoms with Gasteiger partial charge in [0.1, 0.15) is 12.4 Å². The van der Waals surface area contributed by atoms with Gasteiger partial charge in [-0.05, 0) is 47.5 Å². The van der Waals surface area contributed by atoms with Crippen molar-refractivity contribution in [1.82, 2.24) is 9.78 Å². The maximum absolute atomic E-state index is 13.0. The summed E-state index contributed by atoms with van der Waals surface area (Å²) in [5.41, 5.74) is 2.41. The maximum atomic E-state index is 13.0. The molecule has 1 heterocycles. The van der Waals surface area contributed by atoms with Crippen LogP contribution < -0.4 is 0 Å². The molecular weight excluding hydrogens is 307 g/mol. The molecule has 24 heavy (non-hydrogen) atoms. The van der Waals surface area contributed by atoms with Crippen LogP contribution >= 0.6 is 0 Å². The van der Waals surface area contributed by atoms with E-state index in [0.29, 0.717) is 5.56 Å². The minimum Gasteiger partial charge on any atom is -0.458 e. The van der Waals surface area contributed by atoms with E-state index in [4.69, 9.17) is 4.74 Å². The van der Waals surface area contributed by atoms with Crippen molar-refractivity contribution < 1.29 is 13.9 Å². The lowest BCUT2D eigenvalue weighted by atomic mass is 10.2. The minimum absolute atomic E-state index is 0.172. The van der Waals surface area contributed by atoms with Crippen LogP contribution in [0.5, 0.6) is 0 Å². The van der Waals surface area contributed by atoms with Gasteiger partial charge in [0.15, 0.2) is 0 Å². The highest BCUT2D eigenvalue weighted by atomic mass is 19.1. The molecule has 0 aliphatic heterocycles. The van der Waals surface area contributed by atoms with Gasteiger partial charge < -0.3 is 4.74 Å². The van der Waals surface area contributed by atoms with Gasteiger partial charge >= 0.3 is 5.97 Å². The highest BCUT2D eigenvalue weighted by Crippen LogP contribution is 2.10. The van der Waals surface area contributed by atoms with Crippen molar-refractivity contribution >= 4 is 12.0 Å². The summed E-state index contributed by atoms with van der Waals surface area (Å²) in [6, 6.07) is 15.4. The predicted molar refractivity (Wildman–Crippen MR) is 88.8 cm³/mol. The van der Waals surface area contributed by atoms with Crippen molar-refractivity contribution in [3.05, 3.63) is 90.0 Å². The first-order valence-corrected chi connectivity index (χ1v) is 7.40. The number of ether oxygens (including phenoxy) is 1. The van der Waals surface area contributed by atoms with Crippen molar-refractivity contribution in [1.29, 1.82) is 0 Å². The lowest BCUT2D eigenvalue weighted by molar-refractivity contribution is -0.138. The fourth-order valence-electron chi connectivity index (χ4n) is 2.14. The van der Waals surface area contributed by atoms with Crippen LogP contribution in [0.3, 0.4) is 0 Å². The normalized spacial score (nSPS) is 10.9. The monoisotopic (exact) mass is 322 g/mol. The minimum atomic E-state index is -0.476. The molecule has 0 aliphatic carbocycles. The Kier molecular flexibility index (Phi) is 4.81. The summed E-state index contributed by atoms with van der Waals surface area (Å²) in [5.74, 6) is -0.821. The molecule has 0 atom stereocenters. The average Bonchev–Trinajstić information content (AvgIpc) is 3.13. The number of esters is 1. The van der Waals surface area contributed by atoms with Crippen LogP contribution in [-0.2, 0) is 16.1 Å². The molecule has 4 nitrogen and oxygen atoms in total. The van der Waals surface area contributed by atoms with Gasteiger partial charge in [-0.1, -0.05) is 24.3 Å². The molecule has 0 radical (unpaired) electrons. The van der Waals surface area contributed by atoms with Gasteiger partial charge in [0.2, 0.25) is 0 Å². The van der Waals surface area contributed by atoms with Crippen molar-refractivity contribution in [2.45, 2.75) is 6.61 Å². The number of benzene rings is 2. The molecule has 0 saturated heterocycles.